The summed E-state index contributed by atoms with van der Waals surface area (Å²) in [7, 11) is 1.90. The van der Waals surface area contributed by atoms with Gasteiger partial charge < -0.3 is 5.11 Å². The minimum Gasteiger partial charge on any atom is -0.478 e. The van der Waals surface area contributed by atoms with Gasteiger partial charge in [0.15, 0.2) is 0 Å². The molecule has 0 saturated carbocycles. The molecule has 2 N–H and O–H groups in total. The summed E-state index contributed by atoms with van der Waals surface area (Å²) in [5.74, 6) is -0.777. The zero-order chi connectivity index (χ0) is 21.7. The van der Waals surface area contributed by atoms with Gasteiger partial charge in [0.2, 0.25) is 0 Å². The highest BCUT2D eigenvalue weighted by Crippen LogP contribution is 2.41. The molecule has 0 atom stereocenters. The Hall–Kier alpha value is -4.00. The highest BCUT2D eigenvalue weighted by molar-refractivity contribution is 6.04. The molecule has 3 aromatic heterocycles. The number of aryl methyl sites for hydroxylation is 1. The van der Waals surface area contributed by atoms with Crippen molar-refractivity contribution in [2.45, 2.75) is 19.8 Å². The van der Waals surface area contributed by atoms with Gasteiger partial charge in [0.1, 0.15) is 0 Å². The monoisotopic (exact) mass is 411 g/mol. The minimum absolute atomic E-state index is 0.170. The fourth-order valence-corrected chi connectivity index (χ4v) is 4.09. The van der Waals surface area contributed by atoms with Crippen molar-refractivity contribution in [2.24, 2.45) is 7.05 Å². The Bertz CT molecular complexity index is 1440. The van der Waals surface area contributed by atoms with E-state index in [4.69, 9.17) is 10.1 Å². The van der Waals surface area contributed by atoms with Gasteiger partial charge in [-0.2, -0.15) is 10.2 Å². The van der Waals surface area contributed by atoms with Crippen LogP contribution in [0.4, 0.5) is 0 Å². The smallest absolute Gasteiger partial charge is 0.335 e. The zero-order valence-corrected chi connectivity index (χ0v) is 17.4. The Kier molecular flexibility index (Phi) is 4.32. The van der Waals surface area contributed by atoms with E-state index >= 15 is 0 Å². The molecule has 3 heterocycles. The number of aromatic nitrogens is 5. The van der Waals surface area contributed by atoms with Crippen molar-refractivity contribution in [3.05, 3.63) is 66.0 Å². The van der Waals surface area contributed by atoms with Crippen molar-refractivity contribution in [1.82, 2.24) is 25.0 Å². The Morgan fingerprint density at radius 1 is 1.13 bits per heavy atom. The highest BCUT2D eigenvalue weighted by Gasteiger charge is 2.22. The van der Waals surface area contributed by atoms with Crippen molar-refractivity contribution in [3.63, 3.8) is 0 Å². The number of benzene rings is 2. The molecule has 31 heavy (non-hydrogen) atoms. The summed E-state index contributed by atoms with van der Waals surface area (Å²) in [5.41, 5.74) is 6.70. The van der Waals surface area contributed by atoms with Crippen molar-refractivity contribution in [1.29, 1.82) is 0 Å². The molecule has 7 heteroatoms. The number of aromatic amines is 1. The van der Waals surface area contributed by atoms with Crippen LogP contribution in [0.25, 0.3) is 44.3 Å². The van der Waals surface area contributed by atoms with Gasteiger partial charge >= 0.3 is 5.97 Å². The van der Waals surface area contributed by atoms with E-state index in [0.717, 1.165) is 49.9 Å². The van der Waals surface area contributed by atoms with E-state index in [1.165, 1.54) is 0 Å². The number of rotatable bonds is 4. The van der Waals surface area contributed by atoms with E-state index in [-0.39, 0.29) is 11.5 Å². The number of aromatic carboxylic acids is 1. The van der Waals surface area contributed by atoms with Gasteiger partial charge in [0.25, 0.3) is 0 Å². The topological polar surface area (TPSA) is 96.7 Å². The SMILES string of the molecule is CC(C)c1c(-c2ccc(C(=O)O)cc2)nc2cc3[nH]ncc3cc2c1-c1ccn(C)n1. The first kappa shape index (κ1) is 19.0. The molecule has 2 aromatic carbocycles. The summed E-state index contributed by atoms with van der Waals surface area (Å²) < 4.78 is 1.80. The number of nitrogens with zero attached hydrogens (tertiary/aromatic N) is 4. The third-order valence-corrected chi connectivity index (χ3v) is 5.53. The van der Waals surface area contributed by atoms with Crippen molar-refractivity contribution in [3.8, 4) is 22.5 Å². The summed E-state index contributed by atoms with van der Waals surface area (Å²) in [6.07, 6.45) is 3.74. The van der Waals surface area contributed by atoms with E-state index < -0.39 is 5.97 Å². The van der Waals surface area contributed by atoms with Crippen LogP contribution >= 0.6 is 0 Å². The number of nitrogens with one attached hydrogen (secondary N) is 1. The number of carboxylic acid groups (broad SMARTS) is 1. The third-order valence-electron chi connectivity index (χ3n) is 5.53. The maximum Gasteiger partial charge on any atom is 0.335 e. The number of carboxylic acids is 1. The second kappa shape index (κ2) is 7.05. The van der Waals surface area contributed by atoms with Gasteiger partial charge in [-0.3, -0.25) is 9.78 Å². The molecule has 0 saturated heterocycles. The average molecular weight is 411 g/mol. The van der Waals surface area contributed by atoms with E-state index in [9.17, 15) is 9.90 Å². The quantitative estimate of drug-likeness (QED) is 0.434. The number of fused-ring (bicyclic) bond motifs is 2. The molecule has 5 rings (SSSR count). The third kappa shape index (κ3) is 3.15. The molecule has 0 amide bonds. The largest absolute Gasteiger partial charge is 0.478 e. The van der Waals surface area contributed by atoms with Crippen LogP contribution in [0.2, 0.25) is 0 Å². The van der Waals surface area contributed by atoms with Crippen molar-refractivity contribution in [2.75, 3.05) is 0 Å². The summed E-state index contributed by atoms with van der Waals surface area (Å²) in [4.78, 5) is 16.3. The first-order valence-corrected chi connectivity index (χ1v) is 10.1. The summed E-state index contributed by atoms with van der Waals surface area (Å²) in [5, 5.41) is 23.2. The highest BCUT2D eigenvalue weighted by atomic mass is 16.4. The summed E-state index contributed by atoms with van der Waals surface area (Å²) in [6.45, 7) is 4.28. The molecule has 5 aromatic rings. The lowest BCUT2D eigenvalue weighted by Crippen LogP contribution is -2.03. The van der Waals surface area contributed by atoms with Crippen LogP contribution in [0.3, 0.4) is 0 Å². The van der Waals surface area contributed by atoms with Crippen LogP contribution in [-0.4, -0.2) is 36.0 Å². The number of hydrogen-bond donors (Lipinski definition) is 2. The number of hydrogen-bond acceptors (Lipinski definition) is 4. The van der Waals surface area contributed by atoms with Crippen molar-refractivity contribution < 1.29 is 9.90 Å². The van der Waals surface area contributed by atoms with Crippen LogP contribution in [-0.2, 0) is 7.05 Å². The van der Waals surface area contributed by atoms with E-state index in [2.05, 4.69) is 30.1 Å². The van der Waals surface area contributed by atoms with Gasteiger partial charge in [-0.15, -0.1) is 0 Å². The molecule has 0 fully saturated rings. The predicted octanol–water partition coefficient (Wildman–Crippen LogP) is 5.00. The van der Waals surface area contributed by atoms with E-state index in [1.54, 1.807) is 16.8 Å². The minimum atomic E-state index is -0.946. The first-order valence-electron chi connectivity index (χ1n) is 10.1. The first-order chi connectivity index (χ1) is 14.9. The van der Waals surface area contributed by atoms with Crippen LogP contribution in [0.15, 0.2) is 54.9 Å². The van der Waals surface area contributed by atoms with Gasteiger partial charge in [0.05, 0.1) is 34.2 Å². The molecular formula is C24H21N5O2. The molecule has 0 aliphatic rings. The van der Waals surface area contributed by atoms with Gasteiger partial charge in [-0.25, -0.2) is 9.78 Å². The Balaban J connectivity index is 1.89. The number of pyridine rings is 1. The average Bonchev–Trinajstić information content (AvgIpc) is 3.39. The Labute approximate surface area is 178 Å². The number of carbonyl (C=O) groups is 1. The second-order valence-electron chi connectivity index (χ2n) is 7.99. The molecule has 0 aliphatic carbocycles. The molecule has 0 spiro atoms. The lowest BCUT2D eigenvalue weighted by atomic mass is 9.88. The molecule has 0 aliphatic heterocycles. The molecule has 154 valence electrons. The molecular weight excluding hydrogens is 390 g/mol. The van der Waals surface area contributed by atoms with Crippen LogP contribution < -0.4 is 0 Å². The van der Waals surface area contributed by atoms with Crippen LogP contribution in [0.5, 0.6) is 0 Å². The molecule has 0 unspecified atom stereocenters. The standard InChI is InChI=1S/C24H21N5O2/c1-13(2)21-22(18-8-9-29(3)28-18)17-10-16-12-25-27-19(16)11-20(17)26-23(21)14-4-6-15(7-5-14)24(30)31/h4-13H,1-3H3,(H,25,27)(H,30,31). The summed E-state index contributed by atoms with van der Waals surface area (Å²) >= 11 is 0. The Morgan fingerprint density at radius 3 is 2.55 bits per heavy atom. The fourth-order valence-electron chi connectivity index (χ4n) is 4.09. The Morgan fingerprint density at radius 2 is 1.90 bits per heavy atom. The van der Waals surface area contributed by atoms with Gasteiger partial charge in [-0.1, -0.05) is 26.0 Å². The van der Waals surface area contributed by atoms with Crippen molar-refractivity contribution >= 4 is 27.8 Å². The fraction of sp³-hybridized carbons (Fsp3) is 0.167. The second-order valence-corrected chi connectivity index (χ2v) is 7.99. The van der Waals surface area contributed by atoms with Crippen LogP contribution in [0, 0.1) is 0 Å². The molecule has 7 nitrogen and oxygen atoms in total. The number of H-pyrrole nitrogens is 1. The van der Waals surface area contributed by atoms with Crippen LogP contribution in [0.1, 0.15) is 35.7 Å². The van der Waals surface area contributed by atoms with E-state index in [1.807, 2.05) is 43.7 Å². The summed E-state index contributed by atoms with van der Waals surface area (Å²) in [6, 6.07) is 13.0. The maximum atomic E-state index is 11.3. The molecule has 0 radical (unpaired) electrons. The zero-order valence-electron chi connectivity index (χ0n) is 17.4. The predicted molar refractivity (Wildman–Crippen MR) is 120 cm³/mol. The lowest BCUT2D eigenvalue weighted by molar-refractivity contribution is 0.0697. The van der Waals surface area contributed by atoms with E-state index in [0.29, 0.717) is 0 Å². The van der Waals surface area contributed by atoms with Gasteiger partial charge in [0, 0.05) is 35.1 Å². The molecule has 0 bridgehead atoms. The normalized spacial score (nSPS) is 11.6. The maximum absolute atomic E-state index is 11.3. The van der Waals surface area contributed by atoms with Gasteiger partial charge in [-0.05, 0) is 41.8 Å². The lowest BCUT2D eigenvalue weighted by Gasteiger charge is -2.19.